The van der Waals surface area contributed by atoms with Gasteiger partial charge >= 0.3 is 6.18 Å². The lowest BCUT2D eigenvalue weighted by atomic mass is 10.0. The van der Waals surface area contributed by atoms with Crippen molar-refractivity contribution in [2.75, 3.05) is 11.1 Å². The van der Waals surface area contributed by atoms with Gasteiger partial charge in [0.25, 0.3) is 5.91 Å². The Hall–Kier alpha value is -3.88. The minimum Gasteiger partial charge on any atom is -0.507 e. The van der Waals surface area contributed by atoms with Crippen molar-refractivity contribution in [3.8, 4) is 22.9 Å². The molecule has 0 aliphatic rings. The number of halogens is 3. The molecule has 3 aromatic rings. The minimum absolute atomic E-state index is 0.142. The van der Waals surface area contributed by atoms with Crippen LogP contribution in [0.5, 0.6) is 5.75 Å². The number of nitrogens with one attached hydrogen (secondary N) is 1. The van der Waals surface area contributed by atoms with Crippen LogP contribution in [0.4, 0.5) is 18.9 Å². The summed E-state index contributed by atoms with van der Waals surface area (Å²) in [5.74, 6) is -2.54. The molecule has 0 fully saturated rings. The first-order valence-corrected chi connectivity index (χ1v) is 11.7. The highest BCUT2D eigenvalue weighted by Crippen LogP contribution is 2.36. The summed E-state index contributed by atoms with van der Waals surface area (Å²) in [6, 6.07) is 15.5. The van der Waals surface area contributed by atoms with Gasteiger partial charge in [0.15, 0.2) is 15.4 Å². The highest BCUT2D eigenvalue weighted by atomic mass is 32.2. The predicted molar refractivity (Wildman–Crippen MR) is 121 cm³/mol. The van der Waals surface area contributed by atoms with E-state index in [1.807, 2.05) is 0 Å². The number of sulfone groups is 1. The molecule has 0 spiro atoms. The number of hydrogen-bond acceptors (Lipinski definition) is 6. The third-order valence-electron chi connectivity index (χ3n) is 5.08. The number of anilines is 1. The maximum atomic E-state index is 13.2. The number of aromatic hydroxyl groups is 1. The number of alkyl halides is 3. The van der Waals surface area contributed by atoms with Gasteiger partial charge < -0.3 is 15.5 Å². The van der Waals surface area contributed by atoms with Crippen molar-refractivity contribution in [3.05, 3.63) is 77.9 Å². The predicted octanol–water partition coefficient (Wildman–Crippen LogP) is 4.11. The second-order valence-corrected chi connectivity index (χ2v) is 9.83. The second-order valence-electron chi connectivity index (χ2n) is 7.87. The molecule has 0 aliphatic carbocycles. The molecular weight excluding hydrogens is 485 g/mol. The van der Waals surface area contributed by atoms with Crippen LogP contribution in [0.1, 0.15) is 18.1 Å². The molecule has 0 saturated heterocycles. The van der Waals surface area contributed by atoms with Gasteiger partial charge in [-0.1, -0.05) is 36.4 Å². The standard InChI is InChI=1S/C24H19F3N2O5S/c1-23(32,22(31)29-16-11-10-15(13-28)19(12-16)24(25,26)27)14-35(33,34)21-9-5-3-7-18(21)17-6-2-4-8-20(17)30/h2-12,30,32H,14H2,1H3,(H,29,31). The Bertz CT molecular complexity index is 1430. The Kier molecular flexibility index (Phi) is 6.91. The van der Waals surface area contributed by atoms with Crippen molar-refractivity contribution in [3.63, 3.8) is 0 Å². The Morgan fingerprint density at radius 2 is 1.63 bits per heavy atom. The van der Waals surface area contributed by atoms with Gasteiger partial charge in [0, 0.05) is 16.8 Å². The minimum atomic E-state index is -4.87. The van der Waals surface area contributed by atoms with Crippen LogP contribution >= 0.6 is 0 Å². The van der Waals surface area contributed by atoms with Crippen molar-refractivity contribution < 1.29 is 36.6 Å². The Balaban J connectivity index is 1.91. The number of benzene rings is 3. The first-order chi connectivity index (χ1) is 16.3. The molecule has 3 aromatic carbocycles. The number of carbonyl (C=O) groups excluding carboxylic acids is 1. The number of nitriles is 1. The quantitative estimate of drug-likeness (QED) is 0.464. The lowest BCUT2D eigenvalue weighted by Crippen LogP contribution is -2.45. The number of phenols is 1. The van der Waals surface area contributed by atoms with Crippen LogP contribution < -0.4 is 5.32 Å². The molecule has 0 radical (unpaired) electrons. The summed E-state index contributed by atoms with van der Waals surface area (Å²) in [6.07, 6.45) is -4.87. The lowest BCUT2D eigenvalue weighted by molar-refractivity contribution is -0.137. The summed E-state index contributed by atoms with van der Waals surface area (Å²) < 4.78 is 65.9. The van der Waals surface area contributed by atoms with Crippen molar-refractivity contribution >= 4 is 21.4 Å². The van der Waals surface area contributed by atoms with Crippen molar-refractivity contribution in [1.82, 2.24) is 0 Å². The second kappa shape index (κ2) is 9.40. The van der Waals surface area contributed by atoms with E-state index in [4.69, 9.17) is 5.26 Å². The van der Waals surface area contributed by atoms with Crippen LogP contribution in [0, 0.1) is 11.3 Å². The first kappa shape index (κ1) is 25.7. The number of aliphatic hydroxyl groups is 1. The van der Waals surface area contributed by atoms with Gasteiger partial charge in [0.1, 0.15) is 5.75 Å². The molecule has 1 amide bonds. The fraction of sp³-hybridized carbons (Fsp3) is 0.167. The topological polar surface area (TPSA) is 127 Å². The van der Waals surface area contributed by atoms with Gasteiger partial charge in [0.05, 0.1) is 27.8 Å². The number of amides is 1. The highest BCUT2D eigenvalue weighted by Gasteiger charge is 2.38. The normalized spacial score (nSPS) is 13.5. The zero-order chi connectivity index (χ0) is 26.0. The fourth-order valence-electron chi connectivity index (χ4n) is 3.39. The van der Waals surface area contributed by atoms with Crippen LogP contribution in [0.3, 0.4) is 0 Å². The highest BCUT2D eigenvalue weighted by molar-refractivity contribution is 7.91. The van der Waals surface area contributed by atoms with Crippen LogP contribution in [0.15, 0.2) is 71.6 Å². The lowest BCUT2D eigenvalue weighted by Gasteiger charge is -2.23. The van der Waals surface area contributed by atoms with Crippen LogP contribution in [-0.2, 0) is 20.8 Å². The van der Waals surface area contributed by atoms with E-state index in [1.165, 1.54) is 36.4 Å². The maximum Gasteiger partial charge on any atom is 0.417 e. The summed E-state index contributed by atoms with van der Waals surface area (Å²) in [5.41, 5.74) is -4.52. The van der Waals surface area contributed by atoms with E-state index in [0.717, 1.165) is 19.1 Å². The smallest absolute Gasteiger partial charge is 0.417 e. The van der Waals surface area contributed by atoms with Gasteiger partial charge in [-0.05, 0) is 37.3 Å². The molecular formula is C24H19F3N2O5S. The SMILES string of the molecule is CC(O)(CS(=O)(=O)c1ccccc1-c1ccccc1O)C(=O)Nc1ccc(C#N)c(C(F)(F)F)c1. The van der Waals surface area contributed by atoms with E-state index >= 15 is 0 Å². The Morgan fingerprint density at radius 3 is 2.23 bits per heavy atom. The van der Waals surface area contributed by atoms with E-state index in [2.05, 4.69) is 5.32 Å². The first-order valence-electron chi connectivity index (χ1n) is 10.0. The van der Waals surface area contributed by atoms with Gasteiger partial charge in [-0.3, -0.25) is 4.79 Å². The molecule has 0 saturated carbocycles. The summed E-state index contributed by atoms with van der Waals surface area (Å²) in [5, 5.41) is 31.8. The van der Waals surface area contributed by atoms with E-state index in [-0.39, 0.29) is 27.5 Å². The molecule has 0 aromatic heterocycles. The molecule has 11 heteroatoms. The zero-order valence-corrected chi connectivity index (χ0v) is 19.0. The van der Waals surface area contributed by atoms with Gasteiger partial charge in [-0.2, -0.15) is 18.4 Å². The number of carbonyl (C=O) groups is 1. The summed E-state index contributed by atoms with van der Waals surface area (Å²) in [7, 11) is -4.34. The Labute approximate surface area is 199 Å². The fourth-order valence-corrected chi connectivity index (χ4v) is 5.22. The third kappa shape index (κ3) is 5.62. The number of nitrogens with zero attached hydrogens (tertiary/aromatic N) is 1. The molecule has 0 heterocycles. The van der Waals surface area contributed by atoms with Crippen molar-refractivity contribution in [1.29, 1.82) is 5.26 Å². The molecule has 1 unspecified atom stereocenters. The van der Waals surface area contributed by atoms with Crippen LogP contribution in [0.25, 0.3) is 11.1 Å². The number of phenolic OH excluding ortho intramolecular Hbond substituents is 1. The summed E-state index contributed by atoms with van der Waals surface area (Å²) in [6.45, 7) is 0.913. The number of para-hydroxylation sites is 1. The number of rotatable bonds is 6. The zero-order valence-electron chi connectivity index (χ0n) is 18.2. The average molecular weight is 504 g/mol. The summed E-state index contributed by atoms with van der Waals surface area (Å²) in [4.78, 5) is 12.4. The molecule has 35 heavy (non-hydrogen) atoms. The number of hydrogen-bond donors (Lipinski definition) is 3. The molecule has 0 bridgehead atoms. The van der Waals surface area contributed by atoms with Gasteiger partial charge in [0.2, 0.25) is 0 Å². The molecule has 182 valence electrons. The molecule has 7 nitrogen and oxygen atoms in total. The molecule has 3 N–H and O–H groups in total. The van der Waals surface area contributed by atoms with Crippen LogP contribution in [-0.4, -0.2) is 35.9 Å². The van der Waals surface area contributed by atoms with E-state index in [0.29, 0.717) is 6.07 Å². The van der Waals surface area contributed by atoms with Crippen molar-refractivity contribution in [2.45, 2.75) is 23.6 Å². The third-order valence-corrected chi connectivity index (χ3v) is 7.05. The molecule has 3 rings (SSSR count). The van der Waals surface area contributed by atoms with E-state index in [9.17, 15) is 36.6 Å². The Morgan fingerprint density at radius 1 is 1.03 bits per heavy atom. The largest absolute Gasteiger partial charge is 0.507 e. The molecule has 0 aliphatic heterocycles. The monoisotopic (exact) mass is 504 g/mol. The summed E-state index contributed by atoms with van der Waals surface area (Å²) >= 11 is 0. The van der Waals surface area contributed by atoms with Crippen molar-refractivity contribution in [2.24, 2.45) is 0 Å². The van der Waals surface area contributed by atoms with Gasteiger partial charge in [-0.15, -0.1) is 0 Å². The van der Waals surface area contributed by atoms with Crippen LogP contribution in [0.2, 0.25) is 0 Å². The molecule has 1 atom stereocenters. The van der Waals surface area contributed by atoms with Gasteiger partial charge in [-0.25, -0.2) is 8.42 Å². The van der Waals surface area contributed by atoms with E-state index in [1.54, 1.807) is 18.2 Å². The van der Waals surface area contributed by atoms with E-state index < -0.39 is 44.4 Å². The average Bonchev–Trinajstić information content (AvgIpc) is 2.78. The maximum absolute atomic E-state index is 13.2.